The highest BCUT2D eigenvalue weighted by Crippen LogP contribution is 2.17. The molecule has 0 saturated carbocycles. The van der Waals surface area contributed by atoms with Gasteiger partial charge in [0.05, 0.1) is 12.2 Å². The van der Waals surface area contributed by atoms with Crippen LogP contribution in [-0.4, -0.2) is 42.1 Å². The predicted molar refractivity (Wildman–Crippen MR) is 93.6 cm³/mol. The Morgan fingerprint density at radius 3 is 2.48 bits per heavy atom. The van der Waals surface area contributed by atoms with Crippen molar-refractivity contribution in [2.45, 2.75) is 39.7 Å². The number of carbonyl (C=O) groups is 3. The molecule has 3 N–H and O–H groups in total. The van der Waals surface area contributed by atoms with E-state index in [0.29, 0.717) is 30.9 Å². The van der Waals surface area contributed by atoms with Crippen molar-refractivity contribution in [3.05, 3.63) is 29.8 Å². The van der Waals surface area contributed by atoms with Gasteiger partial charge in [0.25, 0.3) is 5.91 Å². The van der Waals surface area contributed by atoms with E-state index in [0.717, 1.165) is 0 Å². The topological polar surface area (TPSA) is 105 Å². The quantitative estimate of drug-likeness (QED) is 0.558. The third-order valence-corrected chi connectivity index (χ3v) is 3.55. The van der Waals surface area contributed by atoms with Gasteiger partial charge in [-0.15, -0.1) is 0 Å². The molecule has 1 rings (SSSR count). The summed E-state index contributed by atoms with van der Waals surface area (Å²) in [6.07, 6.45) is 0.558. The summed E-state index contributed by atoms with van der Waals surface area (Å²) in [7, 11) is 0. The van der Waals surface area contributed by atoms with Crippen molar-refractivity contribution >= 4 is 17.8 Å². The Morgan fingerprint density at radius 2 is 1.88 bits per heavy atom. The second kappa shape index (κ2) is 10.3. The van der Waals surface area contributed by atoms with Crippen molar-refractivity contribution in [1.82, 2.24) is 10.6 Å². The van der Waals surface area contributed by atoms with Gasteiger partial charge in [0, 0.05) is 13.0 Å². The lowest BCUT2D eigenvalue weighted by molar-refractivity contribution is -0.143. The summed E-state index contributed by atoms with van der Waals surface area (Å²) in [6, 6.07) is 6.04. The van der Waals surface area contributed by atoms with Crippen LogP contribution in [0.2, 0.25) is 0 Å². The van der Waals surface area contributed by atoms with E-state index in [-0.39, 0.29) is 24.2 Å². The average Bonchev–Trinajstić information content (AvgIpc) is 2.56. The first-order valence-electron chi connectivity index (χ1n) is 8.39. The van der Waals surface area contributed by atoms with Gasteiger partial charge in [-0.2, -0.15) is 0 Å². The van der Waals surface area contributed by atoms with E-state index in [1.807, 2.05) is 6.92 Å². The van der Waals surface area contributed by atoms with Gasteiger partial charge in [-0.05, 0) is 31.4 Å². The number of para-hydroxylation sites is 1. The third-order valence-electron chi connectivity index (χ3n) is 3.55. The molecule has 0 bridgehead atoms. The first-order chi connectivity index (χ1) is 11.9. The number of carboxylic acid groups (broad SMARTS) is 1. The van der Waals surface area contributed by atoms with Gasteiger partial charge < -0.3 is 20.5 Å². The summed E-state index contributed by atoms with van der Waals surface area (Å²) in [5.41, 5.74) is 0.444. The Morgan fingerprint density at radius 1 is 1.20 bits per heavy atom. The van der Waals surface area contributed by atoms with Crippen LogP contribution in [0.1, 0.15) is 44.0 Å². The van der Waals surface area contributed by atoms with Gasteiger partial charge in [0.2, 0.25) is 5.91 Å². The van der Waals surface area contributed by atoms with Crippen molar-refractivity contribution in [2.75, 3.05) is 13.2 Å². The summed E-state index contributed by atoms with van der Waals surface area (Å²) in [6.45, 7) is 6.08. The smallest absolute Gasteiger partial charge is 0.326 e. The van der Waals surface area contributed by atoms with Crippen LogP contribution in [0.25, 0.3) is 0 Å². The summed E-state index contributed by atoms with van der Waals surface area (Å²) in [5.74, 6) is -1.35. The van der Waals surface area contributed by atoms with Crippen LogP contribution in [-0.2, 0) is 9.59 Å². The molecule has 25 heavy (non-hydrogen) atoms. The first-order valence-corrected chi connectivity index (χ1v) is 8.39. The lowest BCUT2D eigenvalue weighted by Crippen LogP contribution is -2.44. The molecule has 7 nitrogen and oxygen atoms in total. The van der Waals surface area contributed by atoms with Gasteiger partial charge in [0.15, 0.2) is 0 Å². The molecule has 1 aromatic carbocycles. The predicted octanol–water partition coefficient (Wildman–Crippen LogP) is 1.82. The normalized spacial score (nSPS) is 11.7. The molecule has 138 valence electrons. The van der Waals surface area contributed by atoms with Crippen molar-refractivity contribution in [3.63, 3.8) is 0 Å². The Labute approximate surface area is 147 Å². The fraction of sp³-hybridized carbons (Fsp3) is 0.500. The van der Waals surface area contributed by atoms with E-state index in [2.05, 4.69) is 10.6 Å². The van der Waals surface area contributed by atoms with Crippen molar-refractivity contribution in [1.29, 1.82) is 0 Å². The first kappa shape index (κ1) is 20.5. The molecule has 0 radical (unpaired) electrons. The number of hydrogen-bond acceptors (Lipinski definition) is 4. The van der Waals surface area contributed by atoms with Gasteiger partial charge in [-0.25, -0.2) is 4.79 Å². The highest BCUT2D eigenvalue weighted by molar-refractivity contribution is 5.96. The second-order valence-corrected chi connectivity index (χ2v) is 5.92. The van der Waals surface area contributed by atoms with E-state index in [1.54, 1.807) is 38.1 Å². The van der Waals surface area contributed by atoms with Crippen LogP contribution in [0.5, 0.6) is 5.75 Å². The van der Waals surface area contributed by atoms with E-state index in [1.165, 1.54) is 0 Å². The number of hydrogen-bond donors (Lipinski definition) is 3. The number of aliphatic carboxylic acids is 1. The summed E-state index contributed by atoms with van der Waals surface area (Å²) in [5, 5.41) is 14.3. The van der Waals surface area contributed by atoms with Crippen LogP contribution in [0, 0.1) is 5.92 Å². The molecule has 0 aliphatic heterocycles. The SMILES string of the molecule is CCOc1ccccc1C(=O)NCCCC(=O)N[C@H](C(=O)O)C(C)C. The number of nitrogens with one attached hydrogen (secondary N) is 2. The maximum Gasteiger partial charge on any atom is 0.326 e. The van der Waals surface area contributed by atoms with Gasteiger partial charge in [-0.1, -0.05) is 26.0 Å². The number of benzene rings is 1. The largest absolute Gasteiger partial charge is 0.493 e. The monoisotopic (exact) mass is 350 g/mol. The molecule has 0 fully saturated rings. The maximum atomic E-state index is 12.2. The highest BCUT2D eigenvalue weighted by Gasteiger charge is 2.23. The lowest BCUT2D eigenvalue weighted by Gasteiger charge is -2.17. The Kier molecular flexibility index (Phi) is 8.46. The minimum absolute atomic E-state index is 0.143. The van der Waals surface area contributed by atoms with Crippen LogP contribution >= 0.6 is 0 Å². The van der Waals surface area contributed by atoms with Crippen molar-refractivity contribution < 1.29 is 24.2 Å². The lowest BCUT2D eigenvalue weighted by atomic mass is 10.0. The van der Waals surface area contributed by atoms with Gasteiger partial charge in [-0.3, -0.25) is 9.59 Å². The maximum absolute atomic E-state index is 12.2. The minimum Gasteiger partial charge on any atom is -0.493 e. The van der Waals surface area contributed by atoms with Crippen molar-refractivity contribution in [3.8, 4) is 5.75 Å². The van der Waals surface area contributed by atoms with Crippen LogP contribution in [0.15, 0.2) is 24.3 Å². The number of carbonyl (C=O) groups excluding carboxylic acids is 2. The van der Waals surface area contributed by atoms with Gasteiger partial charge in [0.1, 0.15) is 11.8 Å². The molecule has 0 heterocycles. The zero-order valence-corrected chi connectivity index (χ0v) is 14.9. The number of rotatable bonds is 10. The summed E-state index contributed by atoms with van der Waals surface area (Å²) < 4.78 is 5.41. The molecule has 0 spiro atoms. The van der Waals surface area contributed by atoms with Crippen LogP contribution in [0.3, 0.4) is 0 Å². The number of carboxylic acids is 1. The molecule has 0 aliphatic rings. The Bertz CT molecular complexity index is 601. The average molecular weight is 350 g/mol. The van der Waals surface area contributed by atoms with E-state index >= 15 is 0 Å². The zero-order valence-electron chi connectivity index (χ0n) is 14.9. The number of ether oxygens (including phenoxy) is 1. The minimum atomic E-state index is -1.05. The standard InChI is InChI=1S/C18H26N2O5/c1-4-25-14-9-6-5-8-13(14)17(22)19-11-7-10-15(21)20-16(12(2)3)18(23)24/h5-6,8-9,12,16H,4,7,10-11H2,1-3H3,(H,19,22)(H,20,21)(H,23,24)/t16-/m0/s1. The zero-order chi connectivity index (χ0) is 18.8. The fourth-order valence-corrected chi connectivity index (χ4v) is 2.24. The number of amides is 2. The van der Waals surface area contributed by atoms with Crippen LogP contribution in [0.4, 0.5) is 0 Å². The molecule has 1 aromatic rings. The van der Waals surface area contributed by atoms with E-state index in [9.17, 15) is 14.4 Å². The summed E-state index contributed by atoms with van der Waals surface area (Å²) >= 11 is 0. The highest BCUT2D eigenvalue weighted by atomic mass is 16.5. The molecule has 7 heteroatoms. The fourth-order valence-electron chi connectivity index (χ4n) is 2.24. The summed E-state index contributed by atoms with van der Waals surface area (Å²) in [4.78, 5) is 35.0. The van der Waals surface area contributed by atoms with E-state index < -0.39 is 12.0 Å². The molecule has 1 atom stereocenters. The third kappa shape index (κ3) is 6.82. The molecule has 0 aromatic heterocycles. The van der Waals surface area contributed by atoms with Gasteiger partial charge >= 0.3 is 5.97 Å². The molecular formula is C18H26N2O5. The van der Waals surface area contributed by atoms with Crippen molar-refractivity contribution in [2.24, 2.45) is 5.92 Å². The molecule has 0 unspecified atom stereocenters. The Hall–Kier alpha value is -2.57. The van der Waals surface area contributed by atoms with Crippen LogP contribution < -0.4 is 15.4 Å². The molecule has 0 saturated heterocycles. The molecule has 2 amide bonds. The molecule has 0 aliphatic carbocycles. The second-order valence-electron chi connectivity index (χ2n) is 5.92. The molecular weight excluding hydrogens is 324 g/mol. The van der Waals surface area contributed by atoms with E-state index in [4.69, 9.17) is 9.84 Å². The Balaban J connectivity index is 2.41.